The van der Waals surface area contributed by atoms with E-state index in [0.717, 1.165) is 31.4 Å². The van der Waals surface area contributed by atoms with E-state index >= 15 is 0 Å². The molecule has 2 aliphatic heterocycles. The molecule has 5 nitrogen and oxygen atoms in total. The van der Waals surface area contributed by atoms with Gasteiger partial charge in [0.05, 0.1) is 33.7 Å². The van der Waals surface area contributed by atoms with Gasteiger partial charge in [0.15, 0.2) is 0 Å². The van der Waals surface area contributed by atoms with Crippen LogP contribution in [-0.2, 0) is 9.59 Å². The highest BCUT2D eigenvalue weighted by Gasteiger charge is 2.47. The fraction of sp³-hybridized carbons (Fsp3) is 0.476. The van der Waals surface area contributed by atoms with Gasteiger partial charge in [0.1, 0.15) is 0 Å². The van der Waals surface area contributed by atoms with Crippen LogP contribution < -0.4 is 0 Å². The van der Waals surface area contributed by atoms with Gasteiger partial charge in [-0.2, -0.15) is 0 Å². The normalized spacial score (nSPS) is 28.9. The predicted octanol–water partition coefficient (Wildman–Crippen LogP) is 3.38. The summed E-state index contributed by atoms with van der Waals surface area (Å²) < 4.78 is 1.23. The number of carbonyl (C=O) groups is 2. The van der Waals surface area contributed by atoms with Crippen LogP contribution in [0.5, 0.6) is 0 Å². The maximum atomic E-state index is 12.7. The molecule has 0 saturated carbocycles. The number of likely N-dealkylation sites (tertiary alicyclic amines) is 2. The largest absolute Gasteiger partial charge is 0.285 e. The van der Waals surface area contributed by atoms with Crippen LogP contribution >= 0.6 is 11.3 Å². The lowest BCUT2D eigenvalue weighted by molar-refractivity contribution is -0.142. The van der Waals surface area contributed by atoms with E-state index in [1.54, 1.807) is 11.3 Å². The van der Waals surface area contributed by atoms with E-state index in [-0.39, 0.29) is 23.7 Å². The Hall–Kier alpha value is -2.05. The number of nitrogens with zero attached hydrogens (tertiary/aromatic N) is 3. The Bertz CT molecular complexity index is 862. The van der Waals surface area contributed by atoms with E-state index in [1.807, 2.05) is 18.2 Å². The second kappa shape index (κ2) is 6.84. The third kappa shape index (κ3) is 3.01. The van der Waals surface area contributed by atoms with E-state index in [2.05, 4.69) is 23.1 Å². The van der Waals surface area contributed by atoms with Gasteiger partial charge in [-0.3, -0.25) is 19.4 Å². The number of allylic oxidation sites excluding steroid dienone is 2. The molecule has 1 aromatic heterocycles. The highest BCUT2D eigenvalue weighted by Crippen LogP contribution is 2.36. The monoisotopic (exact) mass is 381 g/mol. The van der Waals surface area contributed by atoms with Crippen LogP contribution in [0.15, 0.2) is 36.4 Å². The summed E-state index contributed by atoms with van der Waals surface area (Å²) in [6.45, 7) is 2.24. The lowest BCUT2D eigenvalue weighted by atomic mass is 9.85. The second-order valence-corrected chi connectivity index (χ2v) is 8.90. The molecular weight excluding hydrogens is 358 g/mol. The topological polar surface area (TPSA) is 53.5 Å². The number of thiazole rings is 1. The number of amides is 2. The molecule has 2 fully saturated rings. The van der Waals surface area contributed by atoms with E-state index in [4.69, 9.17) is 4.98 Å². The number of hydrogen-bond acceptors (Lipinski definition) is 5. The van der Waals surface area contributed by atoms with Crippen LogP contribution in [0.2, 0.25) is 0 Å². The Labute approximate surface area is 162 Å². The molecule has 0 bridgehead atoms. The van der Waals surface area contributed by atoms with Gasteiger partial charge in [0.25, 0.3) is 0 Å². The minimum Gasteiger partial charge on any atom is -0.285 e. The van der Waals surface area contributed by atoms with Gasteiger partial charge in [-0.25, -0.2) is 4.98 Å². The lowest BCUT2D eigenvalue weighted by Crippen LogP contribution is -2.45. The number of carbonyl (C=O) groups excluding carboxylic acids is 2. The zero-order valence-corrected chi connectivity index (χ0v) is 16.0. The average Bonchev–Trinajstić information content (AvgIpc) is 3.24. The van der Waals surface area contributed by atoms with Crippen molar-refractivity contribution < 1.29 is 9.59 Å². The Morgan fingerprint density at radius 2 is 1.81 bits per heavy atom. The van der Waals surface area contributed by atoms with Crippen molar-refractivity contribution >= 4 is 33.4 Å². The molecule has 0 unspecified atom stereocenters. The molecule has 0 radical (unpaired) electrons. The van der Waals surface area contributed by atoms with Crippen LogP contribution in [-0.4, -0.2) is 46.4 Å². The van der Waals surface area contributed by atoms with Crippen molar-refractivity contribution in [1.82, 2.24) is 14.8 Å². The molecular formula is C21H23N3O2S. The van der Waals surface area contributed by atoms with Gasteiger partial charge in [0.2, 0.25) is 11.8 Å². The third-order valence-electron chi connectivity index (χ3n) is 6.11. The standard InChI is InChI=1S/C21H23N3O2S/c25-20-15-7-1-2-8-16(15)21(26)24(20)13-23-11-5-6-14(12-23)19-22-17-9-3-4-10-18(17)27-19/h1-4,9-10,14-16H,5-8,11-13H2/t14-,15+,16+/m0/s1. The van der Waals surface area contributed by atoms with E-state index in [0.29, 0.717) is 25.4 Å². The third-order valence-corrected chi connectivity index (χ3v) is 7.30. The molecule has 1 aliphatic carbocycles. The predicted molar refractivity (Wildman–Crippen MR) is 105 cm³/mol. The second-order valence-electron chi connectivity index (χ2n) is 7.84. The molecule has 6 heteroatoms. The minimum atomic E-state index is -0.132. The molecule has 140 valence electrons. The molecule has 5 rings (SSSR count). The molecule has 0 spiro atoms. The molecule has 3 atom stereocenters. The number of rotatable bonds is 3. The fourth-order valence-electron chi connectivity index (χ4n) is 4.66. The lowest BCUT2D eigenvalue weighted by Gasteiger charge is -2.34. The molecule has 3 aliphatic rings. The van der Waals surface area contributed by atoms with Crippen LogP contribution in [0.3, 0.4) is 0 Å². The maximum Gasteiger partial charge on any atom is 0.234 e. The van der Waals surface area contributed by atoms with Crippen molar-refractivity contribution in [2.75, 3.05) is 19.8 Å². The highest BCUT2D eigenvalue weighted by atomic mass is 32.1. The number of piperidine rings is 1. The molecule has 27 heavy (non-hydrogen) atoms. The number of para-hydroxylation sites is 1. The number of benzene rings is 1. The van der Waals surface area contributed by atoms with Gasteiger partial charge in [-0.1, -0.05) is 24.3 Å². The van der Waals surface area contributed by atoms with Gasteiger partial charge in [-0.05, 0) is 44.4 Å². The zero-order chi connectivity index (χ0) is 18.4. The molecule has 2 aromatic rings. The molecule has 0 N–H and O–H groups in total. The quantitative estimate of drug-likeness (QED) is 0.604. The van der Waals surface area contributed by atoms with E-state index in [9.17, 15) is 9.59 Å². The van der Waals surface area contributed by atoms with E-state index < -0.39 is 0 Å². The first kappa shape index (κ1) is 17.1. The van der Waals surface area contributed by atoms with Crippen LogP contribution in [0.1, 0.15) is 36.6 Å². The summed E-state index contributed by atoms with van der Waals surface area (Å²) in [5.41, 5.74) is 1.07. The summed E-state index contributed by atoms with van der Waals surface area (Å²) in [7, 11) is 0. The highest BCUT2D eigenvalue weighted by molar-refractivity contribution is 7.18. The van der Waals surface area contributed by atoms with Crippen molar-refractivity contribution in [2.24, 2.45) is 11.8 Å². The molecule has 3 heterocycles. The summed E-state index contributed by atoms with van der Waals surface area (Å²) in [5.74, 6) is 0.167. The van der Waals surface area contributed by atoms with Crippen molar-refractivity contribution in [3.05, 3.63) is 41.4 Å². The van der Waals surface area contributed by atoms with Crippen molar-refractivity contribution in [1.29, 1.82) is 0 Å². The Morgan fingerprint density at radius 3 is 2.56 bits per heavy atom. The number of hydrogen-bond donors (Lipinski definition) is 0. The van der Waals surface area contributed by atoms with Crippen LogP contribution in [0.25, 0.3) is 10.2 Å². The van der Waals surface area contributed by atoms with Gasteiger partial charge >= 0.3 is 0 Å². The van der Waals surface area contributed by atoms with Gasteiger partial charge in [-0.15, -0.1) is 11.3 Å². The summed E-state index contributed by atoms with van der Waals surface area (Å²) >= 11 is 1.77. The molecule has 2 saturated heterocycles. The number of imide groups is 1. The van der Waals surface area contributed by atoms with Crippen molar-refractivity contribution in [3.63, 3.8) is 0 Å². The Kier molecular flexibility index (Phi) is 4.32. The van der Waals surface area contributed by atoms with Gasteiger partial charge < -0.3 is 0 Å². The number of fused-ring (bicyclic) bond motifs is 2. The first-order chi connectivity index (χ1) is 13.2. The number of aromatic nitrogens is 1. The first-order valence-electron chi connectivity index (χ1n) is 9.79. The smallest absolute Gasteiger partial charge is 0.234 e. The molecule has 1 aromatic carbocycles. The molecule has 2 amide bonds. The van der Waals surface area contributed by atoms with Gasteiger partial charge in [0, 0.05) is 12.5 Å². The summed E-state index contributed by atoms with van der Waals surface area (Å²) in [4.78, 5) is 34.1. The summed E-state index contributed by atoms with van der Waals surface area (Å²) in [6, 6.07) is 8.26. The first-order valence-corrected chi connectivity index (χ1v) is 10.6. The minimum absolute atomic E-state index is 0.0245. The van der Waals surface area contributed by atoms with Crippen molar-refractivity contribution in [3.8, 4) is 0 Å². The van der Waals surface area contributed by atoms with E-state index in [1.165, 1.54) is 14.6 Å². The fourth-order valence-corrected chi connectivity index (χ4v) is 5.75. The Balaban J connectivity index is 1.30. The van der Waals surface area contributed by atoms with Crippen molar-refractivity contribution in [2.45, 2.75) is 31.6 Å². The van der Waals surface area contributed by atoms with Crippen LogP contribution in [0, 0.1) is 11.8 Å². The maximum absolute atomic E-state index is 12.7. The SMILES string of the molecule is O=C1[C@@H]2CC=CC[C@H]2C(=O)N1CN1CCC[C@H](c2nc3ccccc3s2)C1. The zero-order valence-electron chi connectivity index (χ0n) is 15.2. The Morgan fingerprint density at radius 1 is 1.07 bits per heavy atom. The summed E-state index contributed by atoms with van der Waals surface area (Å²) in [6.07, 6.45) is 7.69. The van der Waals surface area contributed by atoms with Crippen LogP contribution in [0.4, 0.5) is 0 Å². The average molecular weight is 382 g/mol. The summed E-state index contributed by atoms with van der Waals surface area (Å²) in [5, 5.41) is 1.18.